The quantitative estimate of drug-likeness (QED) is 0.718. The van der Waals surface area contributed by atoms with E-state index in [4.69, 9.17) is 16.3 Å². The van der Waals surface area contributed by atoms with Crippen molar-refractivity contribution in [1.82, 2.24) is 9.80 Å². The minimum absolute atomic E-state index is 0.0267. The first-order chi connectivity index (χ1) is 13.5. The van der Waals surface area contributed by atoms with Crippen LogP contribution in [0.4, 0.5) is 0 Å². The van der Waals surface area contributed by atoms with Gasteiger partial charge in [-0.3, -0.25) is 9.69 Å². The lowest BCUT2D eigenvalue weighted by Crippen LogP contribution is -2.51. The minimum Gasteiger partial charge on any atom is -0.465 e. The summed E-state index contributed by atoms with van der Waals surface area (Å²) in [5, 5.41) is 0.625. The van der Waals surface area contributed by atoms with Crippen LogP contribution < -0.4 is 0 Å². The maximum absolute atomic E-state index is 12.7. The molecule has 1 aliphatic heterocycles. The molecule has 2 aromatic carbocycles. The van der Waals surface area contributed by atoms with Crippen molar-refractivity contribution in [2.75, 3.05) is 32.8 Å². The van der Waals surface area contributed by atoms with Gasteiger partial charge in [0, 0.05) is 36.8 Å². The van der Waals surface area contributed by atoms with E-state index in [2.05, 4.69) is 4.90 Å². The van der Waals surface area contributed by atoms with Gasteiger partial charge in [0.1, 0.15) is 6.04 Å². The summed E-state index contributed by atoms with van der Waals surface area (Å²) in [6.07, 6.45) is 0. The van der Waals surface area contributed by atoms with E-state index in [1.165, 1.54) is 0 Å². The Morgan fingerprint density at radius 1 is 1.00 bits per heavy atom. The number of carbonyl (C=O) groups excluding carboxylic acids is 2. The van der Waals surface area contributed by atoms with E-state index in [-0.39, 0.29) is 11.9 Å². The number of rotatable bonds is 5. The molecule has 1 unspecified atom stereocenters. The molecule has 0 aliphatic carbocycles. The molecule has 0 radical (unpaired) electrons. The Bertz CT molecular complexity index is 813. The summed E-state index contributed by atoms with van der Waals surface area (Å²) in [5.41, 5.74) is 2.67. The van der Waals surface area contributed by atoms with Crippen LogP contribution in [0.5, 0.6) is 0 Å². The van der Waals surface area contributed by atoms with Gasteiger partial charge in [0.05, 0.1) is 6.61 Å². The molecule has 1 aliphatic rings. The molecule has 1 saturated heterocycles. The summed E-state index contributed by atoms with van der Waals surface area (Å²) in [4.78, 5) is 29.3. The Kier molecular flexibility index (Phi) is 6.70. The number of esters is 1. The molecule has 0 aromatic heterocycles. The average molecular weight is 401 g/mol. The first-order valence-corrected chi connectivity index (χ1v) is 9.89. The van der Waals surface area contributed by atoms with Crippen molar-refractivity contribution in [3.05, 3.63) is 70.2 Å². The lowest BCUT2D eigenvalue weighted by molar-refractivity contribution is -0.150. The zero-order chi connectivity index (χ0) is 20.1. The van der Waals surface area contributed by atoms with Gasteiger partial charge in [-0.25, -0.2) is 4.79 Å². The Morgan fingerprint density at radius 3 is 2.18 bits per heavy atom. The topological polar surface area (TPSA) is 49.9 Å². The van der Waals surface area contributed by atoms with E-state index in [0.29, 0.717) is 43.4 Å². The van der Waals surface area contributed by atoms with Gasteiger partial charge < -0.3 is 9.64 Å². The molecular formula is C22H25ClN2O3. The van der Waals surface area contributed by atoms with Crippen LogP contribution in [0, 0.1) is 6.92 Å². The number of hydrogen-bond donors (Lipinski definition) is 0. The molecule has 0 saturated carbocycles. The highest BCUT2D eigenvalue weighted by atomic mass is 35.5. The molecule has 1 fully saturated rings. The average Bonchev–Trinajstić information content (AvgIpc) is 2.70. The molecule has 0 spiro atoms. The summed E-state index contributed by atoms with van der Waals surface area (Å²) >= 11 is 5.99. The summed E-state index contributed by atoms with van der Waals surface area (Å²) < 4.78 is 5.30. The third-order valence-corrected chi connectivity index (χ3v) is 5.21. The maximum Gasteiger partial charge on any atom is 0.328 e. The molecule has 1 amide bonds. The SMILES string of the molecule is CCOC(=O)C(c1ccc(Cl)cc1)N1CCN(C(=O)c2ccc(C)cc2)CC1. The van der Waals surface area contributed by atoms with Gasteiger partial charge in [0.2, 0.25) is 0 Å². The van der Waals surface area contributed by atoms with Gasteiger partial charge in [-0.15, -0.1) is 0 Å². The Morgan fingerprint density at radius 2 is 1.61 bits per heavy atom. The number of hydrogen-bond acceptors (Lipinski definition) is 4. The van der Waals surface area contributed by atoms with E-state index in [9.17, 15) is 9.59 Å². The van der Waals surface area contributed by atoms with E-state index >= 15 is 0 Å². The molecule has 0 bridgehead atoms. The van der Waals surface area contributed by atoms with Crippen molar-refractivity contribution >= 4 is 23.5 Å². The first-order valence-electron chi connectivity index (χ1n) is 9.51. The van der Waals surface area contributed by atoms with Crippen LogP contribution in [0.3, 0.4) is 0 Å². The van der Waals surface area contributed by atoms with Crippen molar-refractivity contribution in [1.29, 1.82) is 0 Å². The number of carbonyl (C=O) groups is 2. The standard InChI is InChI=1S/C22H25ClN2O3/c1-3-28-22(27)20(17-8-10-19(23)11-9-17)24-12-14-25(15-13-24)21(26)18-6-4-16(2)5-7-18/h4-11,20H,3,12-15H2,1-2H3. The fourth-order valence-electron chi connectivity index (χ4n) is 3.42. The van der Waals surface area contributed by atoms with Crippen molar-refractivity contribution in [3.8, 4) is 0 Å². The van der Waals surface area contributed by atoms with E-state index < -0.39 is 6.04 Å². The highest BCUT2D eigenvalue weighted by Gasteiger charge is 2.32. The molecule has 1 atom stereocenters. The number of piperazine rings is 1. The normalized spacial score (nSPS) is 15.9. The van der Waals surface area contributed by atoms with Crippen LogP contribution in [-0.2, 0) is 9.53 Å². The summed E-state index contributed by atoms with van der Waals surface area (Å²) in [7, 11) is 0. The Labute approximate surface area is 170 Å². The smallest absolute Gasteiger partial charge is 0.328 e. The largest absolute Gasteiger partial charge is 0.465 e. The van der Waals surface area contributed by atoms with Crippen molar-refractivity contribution in [2.24, 2.45) is 0 Å². The second-order valence-corrected chi connectivity index (χ2v) is 7.34. The van der Waals surface area contributed by atoms with Gasteiger partial charge in [-0.2, -0.15) is 0 Å². The van der Waals surface area contributed by atoms with Crippen LogP contribution in [-0.4, -0.2) is 54.5 Å². The number of amides is 1. The van der Waals surface area contributed by atoms with Gasteiger partial charge in [0.25, 0.3) is 5.91 Å². The van der Waals surface area contributed by atoms with Crippen molar-refractivity contribution in [2.45, 2.75) is 19.9 Å². The highest BCUT2D eigenvalue weighted by Crippen LogP contribution is 2.25. The summed E-state index contributed by atoms with van der Waals surface area (Å²) in [5.74, 6) is -0.248. The molecule has 28 heavy (non-hydrogen) atoms. The monoisotopic (exact) mass is 400 g/mol. The zero-order valence-electron chi connectivity index (χ0n) is 16.2. The van der Waals surface area contributed by atoms with Gasteiger partial charge in [0.15, 0.2) is 0 Å². The molecule has 3 rings (SSSR count). The first kappa shape index (κ1) is 20.4. The number of halogens is 1. The number of nitrogens with zero attached hydrogens (tertiary/aromatic N) is 2. The van der Waals surface area contributed by atoms with Crippen LogP contribution in [0.1, 0.15) is 34.5 Å². The van der Waals surface area contributed by atoms with Crippen LogP contribution in [0.25, 0.3) is 0 Å². The van der Waals surface area contributed by atoms with Crippen LogP contribution in [0.15, 0.2) is 48.5 Å². The van der Waals surface area contributed by atoms with Crippen molar-refractivity contribution in [3.63, 3.8) is 0 Å². The van der Waals surface area contributed by atoms with Gasteiger partial charge >= 0.3 is 5.97 Å². The molecular weight excluding hydrogens is 376 g/mol. The molecule has 0 N–H and O–H groups in total. The second kappa shape index (κ2) is 9.22. The number of benzene rings is 2. The fraction of sp³-hybridized carbons (Fsp3) is 0.364. The van der Waals surface area contributed by atoms with E-state index in [1.807, 2.05) is 48.2 Å². The highest BCUT2D eigenvalue weighted by molar-refractivity contribution is 6.30. The maximum atomic E-state index is 12.7. The van der Waals surface area contributed by atoms with E-state index in [0.717, 1.165) is 11.1 Å². The molecule has 148 valence electrons. The Hall–Kier alpha value is -2.37. The molecule has 6 heteroatoms. The predicted octanol–water partition coefficient (Wildman–Crippen LogP) is 3.71. The molecule has 1 heterocycles. The number of ether oxygens (including phenoxy) is 1. The summed E-state index contributed by atoms with van der Waals surface area (Å²) in [6, 6.07) is 14.4. The molecule has 5 nitrogen and oxygen atoms in total. The van der Waals surface area contributed by atoms with Crippen molar-refractivity contribution < 1.29 is 14.3 Å². The van der Waals surface area contributed by atoms with Gasteiger partial charge in [-0.1, -0.05) is 41.4 Å². The lowest BCUT2D eigenvalue weighted by atomic mass is 10.0. The number of aryl methyl sites for hydroxylation is 1. The third-order valence-electron chi connectivity index (χ3n) is 4.96. The van der Waals surface area contributed by atoms with Gasteiger partial charge in [-0.05, 0) is 43.7 Å². The lowest BCUT2D eigenvalue weighted by Gasteiger charge is -2.38. The fourth-order valence-corrected chi connectivity index (χ4v) is 3.55. The van der Waals surface area contributed by atoms with Crippen LogP contribution in [0.2, 0.25) is 5.02 Å². The second-order valence-electron chi connectivity index (χ2n) is 6.90. The molecule has 2 aromatic rings. The van der Waals surface area contributed by atoms with Crippen LogP contribution >= 0.6 is 11.6 Å². The predicted molar refractivity (Wildman–Crippen MR) is 109 cm³/mol. The third kappa shape index (κ3) is 4.72. The minimum atomic E-state index is -0.492. The zero-order valence-corrected chi connectivity index (χ0v) is 17.0. The Balaban J connectivity index is 1.71. The van der Waals surface area contributed by atoms with E-state index in [1.54, 1.807) is 19.1 Å². The summed E-state index contributed by atoms with van der Waals surface area (Å²) in [6.45, 7) is 6.46.